The zero-order chi connectivity index (χ0) is 15.7. The van der Waals surface area contributed by atoms with Crippen molar-refractivity contribution in [1.82, 2.24) is 4.90 Å². The van der Waals surface area contributed by atoms with Crippen LogP contribution in [0.4, 0.5) is 0 Å². The van der Waals surface area contributed by atoms with E-state index < -0.39 is 11.9 Å². The van der Waals surface area contributed by atoms with Gasteiger partial charge in [0.15, 0.2) is 0 Å². The number of piperidine rings is 1. The van der Waals surface area contributed by atoms with Crippen LogP contribution in [0.1, 0.15) is 34.8 Å². The summed E-state index contributed by atoms with van der Waals surface area (Å²) in [5, 5.41) is 9.22. The molecule has 1 aromatic carbocycles. The van der Waals surface area contributed by atoms with Crippen molar-refractivity contribution < 1.29 is 14.7 Å². The number of halogens is 1. The van der Waals surface area contributed by atoms with Crippen LogP contribution in [-0.2, 0) is 4.79 Å². The van der Waals surface area contributed by atoms with Crippen LogP contribution in [0.15, 0.2) is 16.6 Å². The van der Waals surface area contributed by atoms with Crippen molar-refractivity contribution in [3.63, 3.8) is 0 Å². The minimum Gasteiger partial charge on any atom is -0.481 e. The van der Waals surface area contributed by atoms with Crippen LogP contribution in [0.25, 0.3) is 0 Å². The van der Waals surface area contributed by atoms with Gasteiger partial charge in [0, 0.05) is 23.1 Å². The molecule has 5 heteroatoms. The third-order valence-corrected chi connectivity index (χ3v) is 4.89. The predicted octanol–water partition coefficient (Wildman–Crippen LogP) is 3.25. The van der Waals surface area contributed by atoms with Gasteiger partial charge in [-0.1, -0.05) is 22.9 Å². The summed E-state index contributed by atoms with van der Waals surface area (Å²) in [5.41, 5.74) is 2.57. The summed E-state index contributed by atoms with van der Waals surface area (Å²) in [6.45, 7) is 6.76. The Morgan fingerprint density at radius 3 is 2.52 bits per heavy atom. The quantitative estimate of drug-likeness (QED) is 0.887. The Balaban J connectivity index is 2.27. The molecule has 1 aliphatic heterocycles. The highest BCUT2D eigenvalue weighted by atomic mass is 79.9. The molecule has 0 bridgehead atoms. The first-order valence-corrected chi connectivity index (χ1v) is 7.87. The number of rotatable bonds is 2. The molecule has 0 aromatic heterocycles. The number of aliphatic carboxylic acids is 1. The lowest BCUT2D eigenvalue weighted by Gasteiger charge is -2.35. The van der Waals surface area contributed by atoms with Crippen molar-refractivity contribution in [3.05, 3.63) is 33.3 Å². The zero-order valence-corrected chi connectivity index (χ0v) is 14.1. The highest BCUT2D eigenvalue weighted by Gasteiger charge is 2.32. The van der Waals surface area contributed by atoms with Gasteiger partial charge >= 0.3 is 5.97 Å². The first kappa shape index (κ1) is 16.0. The van der Waals surface area contributed by atoms with E-state index in [9.17, 15) is 14.7 Å². The van der Waals surface area contributed by atoms with Crippen LogP contribution < -0.4 is 0 Å². The number of carbonyl (C=O) groups excluding carboxylic acids is 1. The summed E-state index contributed by atoms with van der Waals surface area (Å²) in [6.07, 6.45) is 0.636. The van der Waals surface area contributed by atoms with Crippen molar-refractivity contribution in [3.8, 4) is 0 Å². The molecule has 1 amide bonds. The summed E-state index contributed by atoms with van der Waals surface area (Å²) < 4.78 is 0.979. The maximum atomic E-state index is 12.7. The van der Waals surface area contributed by atoms with E-state index in [0.29, 0.717) is 25.1 Å². The van der Waals surface area contributed by atoms with Gasteiger partial charge in [0.2, 0.25) is 0 Å². The average Bonchev–Trinajstić information content (AvgIpc) is 2.41. The van der Waals surface area contributed by atoms with E-state index in [4.69, 9.17) is 0 Å². The Morgan fingerprint density at radius 1 is 1.24 bits per heavy atom. The average molecular weight is 354 g/mol. The Kier molecular flexibility index (Phi) is 4.71. The predicted molar refractivity (Wildman–Crippen MR) is 84.4 cm³/mol. The molecule has 1 fully saturated rings. The maximum Gasteiger partial charge on any atom is 0.308 e. The minimum absolute atomic E-state index is 0.0686. The molecular weight excluding hydrogens is 334 g/mol. The third-order valence-electron chi connectivity index (χ3n) is 4.03. The molecule has 0 saturated carbocycles. The van der Waals surface area contributed by atoms with Crippen LogP contribution in [0.3, 0.4) is 0 Å². The number of carbonyl (C=O) groups is 2. The van der Waals surface area contributed by atoms with Crippen molar-refractivity contribution in [1.29, 1.82) is 0 Å². The number of benzene rings is 1. The van der Waals surface area contributed by atoms with Crippen LogP contribution in [0.2, 0.25) is 0 Å². The molecule has 1 saturated heterocycles. The molecule has 114 valence electrons. The highest BCUT2D eigenvalue weighted by Crippen LogP contribution is 2.26. The lowest BCUT2D eigenvalue weighted by atomic mass is 9.90. The fraction of sp³-hybridized carbons (Fsp3) is 0.500. The van der Waals surface area contributed by atoms with Crippen LogP contribution >= 0.6 is 15.9 Å². The van der Waals surface area contributed by atoms with Crippen molar-refractivity contribution >= 4 is 27.8 Å². The van der Waals surface area contributed by atoms with Gasteiger partial charge in [-0.05, 0) is 49.4 Å². The molecule has 2 atom stereocenters. The maximum absolute atomic E-state index is 12.7. The third kappa shape index (κ3) is 3.46. The summed E-state index contributed by atoms with van der Waals surface area (Å²) in [5.74, 6) is -1.14. The number of nitrogens with zero attached hydrogens (tertiary/aromatic N) is 1. The first-order chi connectivity index (χ1) is 9.79. The second kappa shape index (κ2) is 6.18. The normalized spacial score (nSPS) is 22.2. The minimum atomic E-state index is -0.817. The largest absolute Gasteiger partial charge is 0.481 e. The number of likely N-dealkylation sites (tertiary alicyclic amines) is 1. The van der Waals surface area contributed by atoms with Gasteiger partial charge in [-0.25, -0.2) is 0 Å². The Labute approximate surface area is 133 Å². The molecule has 0 aliphatic carbocycles. The van der Waals surface area contributed by atoms with Gasteiger partial charge < -0.3 is 10.0 Å². The van der Waals surface area contributed by atoms with E-state index >= 15 is 0 Å². The standard InChI is InChI=1S/C16H20BrNO3/c1-9-4-12(16(20)21)8-18(7-9)15(19)13-5-11(3)14(17)6-10(13)2/h5-6,9,12H,4,7-8H2,1-3H3,(H,20,21). The van der Waals surface area contributed by atoms with Crippen molar-refractivity contribution in [2.24, 2.45) is 11.8 Å². The second-order valence-corrected chi connectivity index (χ2v) is 6.86. The van der Waals surface area contributed by atoms with Gasteiger partial charge in [-0.15, -0.1) is 0 Å². The van der Waals surface area contributed by atoms with Gasteiger partial charge in [0.25, 0.3) is 5.91 Å². The van der Waals surface area contributed by atoms with E-state index in [1.54, 1.807) is 4.90 Å². The summed E-state index contributed by atoms with van der Waals surface area (Å²) >= 11 is 3.46. The molecule has 0 spiro atoms. The second-order valence-electron chi connectivity index (χ2n) is 6.00. The number of hydrogen-bond acceptors (Lipinski definition) is 2. The van der Waals surface area contributed by atoms with Gasteiger partial charge in [-0.3, -0.25) is 9.59 Å². The van der Waals surface area contributed by atoms with E-state index in [0.717, 1.165) is 15.6 Å². The monoisotopic (exact) mass is 353 g/mol. The van der Waals surface area contributed by atoms with E-state index in [1.165, 1.54) is 0 Å². The Morgan fingerprint density at radius 2 is 1.90 bits per heavy atom. The highest BCUT2D eigenvalue weighted by molar-refractivity contribution is 9.10. The van der Waals surface area contributed by atoms with Gasteiger partial charge in [0.05, 0.1) is 5.92 Å². The Hall–Kier alpha value is -1.36. The number of aryl methyl sites for hydroxylation is 2. The molecule has 4 nitrogen and oxygen atoms in total. The van der Waals surface area contributed by atoms with Crippen LogP contribution in [0.5, 0.6) is 0 Å². The summed E-state index contributed by atoms with van der Waals surface area (Å²) in [7, 11) is 0. The number of carboxylic acids is 1. The van der Waals surface area contributed by atoms with E-state index in [1.807, 2.05) is 32.9 Å². The Bertz CT molecular complexity index is 585. The number of carboxylic acid groups (broad SMARTS) is 1. The fourth-order valence-corrected chi connectivity index (χ4v) is 3.34. The molecule has 1 aliphatic rings. The summed E-state index contributed by atoms with van der Waals surface area (Å²) in [6, 6.07) is 3.81. The number of hydrogen-bond donors (Lipinski definition) is 1. The molecule has 0 radical (unpaired) electrons. The molecule has 2 rings (SSSR count). The topological polar surface area (TPSA) is 57.6 Å². The lowest BCUT2D eigenvalue weighted by Crippen LogP contribution is -2.45. The number of amides is 1. The molecular formula is C16H20BrNO3. The first-order valence-electron chi connectivity index (χ1n) is 7.08. The van der Waals surface area contributed by atoms with Crippen LogP contribution in [0, 0.1) is 25.7 Å². The molecule has 1 aromatic rings. The van der Waals surface area contributed by atoms with Crippen molar-refractivity contribution in [2.45, 2.75) is 27.2 Å². The lowest BCUT2D eigenvalue weighted by molar-refractivity contribution is -0.143. The van der Waals surface area contributed by atoms with Crippen molar-refractivity contribution in [2.75, 3.05) is 13.1 Å². The molecule has 1 N–H and O–H groups in total. The molecule has 2 unspecified atom stereocenters. The van der Waals surface area contributed by atoms with Gasteiger partial charge in [0.1, 0.15) is 0 Å². The molecule has 21 heavy (non-hydrogen) atoms. The van der Waals surface area contributed by atoms with E-state index in [2.05, 4.69) is 15.9 Å². The molecule has 1 heterocycles. The van der Waals surface area contributed by atoms with Gasteiger partial charge in [-0.2, -0.15) is 0 Å². The fourth-order valence-electron chi connectivity index (χ4n) is 2.88. The SMILES string of the molecule is Cc1cc(C(=O)N2CC(C)CC(C(=O)O)C2)c(C)cc1Br. The van der Waals surface area contributed by atoms with E-state index in [-0.39, 0.29) is 11.8 Å². The summed E-state index contributed by atoms with van der Waals surface area (Å²) in [4.78, 5) is 25.6. The van der Waals surface area contributed by atoms with Crippen LogP contribution in [-0.4, -0.2) is 35.0 Å². The smallest absolute Gasteiger partial charge is 0.308 e. The zero-order valence-electron chi connectivity index (χ0n) is 12.5.